The summed E-state index contributed by atoms with van der Waals surface area (Å²) >= 11 is 0. The SMILES string of the molecule is COc1ccc([N+](=O)[O-])cc1NC(=O)[C@@H](C)N[C@H](c1ccccc1)c1ccco1. The van der Waals surface area contributed by atoms with Crippen molar-refractivity contribution in [3.05, 3.63) is 88.4 Å². The second-order valence-corrected chi connectivity index (χ2v) is 6.38. The highest BCUT2D eigenvalue weighted by atomic mass is 16.6. The maximum absolute atomic E-state index is 12.8. The molecule has 0 saturated carbocycles. The predicted molar refractivity (Wildman–Crippen MR) is 108 cm³/mol. The minimum atomic E-state index is -0.630. The number of carbonyl (C=O) groups is 1. The van der Waals surface area contributed by atoms with E-state index in [1.807, 2.05) is 36.4 Å². The Bertz CT molecular complexity index is 973. The molecule has 8 nitrogen and oxygen atoms in total. The molecule has 0 spiro atoms. The monoisotopic (exact) mass is 395 g/mol. The van der Waals surface area contributed by atoms with Crippen LogP contribution < -0.4 is 15.4 Å². The van der Waals surface area contributed by atoms with Gasteiger partial charge in [0.25, 0.3) is 5.69 Å². The van der Waals surface area contributed by atoms with Gasteiger partial charge in [-0.2, -0.15) is 0 Å². The number of nitro groups is 1. The summed E-state index contributed by atoms with van der Waals surface area (Å²) < 4.78 is 10.7. The standard InChI is InChI=1S/C21H21N3O5/c1-14(21(25)23-17-13-16(24(26)27)10-11-18(17)28-2)22-20(19-9-6-12-29-19)15-7-4-3-5-8-15/h3-14,20,22H,1-2H3,(H,23,25)/t14-,20-/m1/s1. The van der Waals surface area contributed by atoms with Crippen molar-refractivity contribution in [3.63, 3.8) is 0 Å². The van der Waals surface area contributed by atoms with Gasteiger partial charge in [0.05, 0.1) is 36.1 Å². The fourth-order valence-electron chi connectivity index (χ4n) is 2.92. The lowest BCUT2D eigenvalue weighted by Gasteiger charge is -2.22. The minimum absolute atomic E-state index is 0.139. The number of ether oxygens (including phenoxy) is 1. The molecule has 1 heterocycles. The number of methoxy groups -OCH3 is 1. The van der Waals surface area contributed by atoms with E-state index in [0.29, 0.717) is 11.5 Å². The molecule has 0 aliphatic rings. The van der Waals surface area contributed by atoms with Gasteiger partial charge in [0.1, 0.15) is 11.5 Å². The quantitative estimate of drug-likeness (QED) is 0.442. The van der Waals surface area contributed by atoms with E-state index in [0.717, 1.165) is 5.56 Å². The molecule has 2 atom stereocenters. The van der Waals surface area contributed by atoms with Crippen LogP contribution in [-0.4, -0.2) is 24.0 Å². The average molecular weight is 395 g/mol. The summed E-state index contributed by atoms with van der Waals surface area (Å²) in [6.45, 7) is 1.71. The molecule has 2 aromatic carbocycles. The van der Waals surface area contributed by atoms with Crippen LogP contribution in [0.25, 0.3) is 0 Å². The van der Waals surface area contributed by atoms with Crippen molar-refractivity contribution < 1.29 is 18.9 Å². The Balaban J connectivity index is 1.79. The van der Waals surface area contributed by atoms with Gasteiger partial charge in [-0.15, -0.1) is 0 Å². The Hall–Kier alpha value is -3.65. The molecule has 29 heavy (non-hydrogen) atoms. The van der Waals surface area contributed by atoms with Gasteiger partial charge >= 0.3 is 0 Å². The normalized spacial score (nSPS) is 12.8. The number of anilines is 1. The summed E-state index contributed by atoms with van der Waals surface area (Å²) in [5.74, 6) is 0.641. The van der Waals surface area contributed by atoms with Gasteiger partial charge in [0.15, 0.2) is 0 Å². The number of furan rings is 1. The van der Waals surface area contributed by atoms with Gasteiger partial charge < -0.3 is 14.5 Å². The highest BCUT2D eigenvalue weighted by molar-refractivity contribution is 5.96. The lowest BCUT2D eigenvalue weighted by molar-refractivity contribution is -0.384. The van der Waals surface area contributed by atoms with Crippen molar-refractivity contribution in [1.82, 2.24) is 5.32 Å². The molecule has 0 fully saturated rings. The van der Waals surface area contributed by atoms with Gasteiger partial charge in [-0.1, -0.05) is 30.3 Å². The molecule has 2 N–H and O–H groups in total. The van der Waals surface area contributed by atoms with E-state index in [1.54, 1.807) is 19.3 Å². The molecule has 3 aromatic rings. The molecule has 3 rings (SSSR count). The number of benzene rings is 2. The minimum Gasteiger partial charge on any atom is -0.495 e. The van der Waals surface area contributed by atoms with Crippen LogP contribution in [0.1, 0.15) is 24.3 Å². The van der Waals surface area contributed by atoms with E-state index >= 15 is 0 Å². The fourth-order valence-corrected chi connectivity index (χ4v) is 2.92. The van der Waals surface area contributed by atoms with Crippen LogP contribution in [0.2, 0.25) is 0 Å². The molecule has 150 valence electrons. The molecule has 1 amide bonds. The van der Waals surface area contributed by atoms with Gasteiger partial charge in [-0.25, -0.2) is 0 Å². The van der Waals surface area contributed by atoms with Crippen LogP contribution in [0.4, 0.5) is 11.4 Å². The number of nitro benzene ring substituents is 1. The predicted octanol–water partition coefficient (Wildman–Crippen LogP) is 3.90. The number of carbonyl (C=O) groups excluding carboxylic acids is 1. The van der Waals surface area contributed by atoms with Crippen LogP contribution in [0.15, 0.2) is 71.3 Å². The lowest BCUT2D eigenvalue weighted by atomic mass is 10.0. The van der Waals surface area contributed by atoms with Gasteiger partial charge in [-0.3, -0.25) is 20.2 Å². The number of hydrogen-bond acceptors (Lipinski definition) is 6. The molecule has 1 aromatic heterocycles. The summed E-state index contributed by atoms with van der Waals surface area (Å²) in [5.41, 5.74) is 1.03. The summed E-state index contributed by atoms with van der Waals surface area (Å²) in [4.78, 5) is 23.3. The highest BCUT2D eigenvalue weighted by Crippen LogP contribution is 2.29. The average Bonchev–Trinajstić information content (AvgIpc) is 3.26. The summed E-state index contributed by atoms with van der Waals surface area (Å²) in [5, 5.41) is 17.0. The van der Waals surface area contributed by atoms with E-state index in [2.05, 4.69) is 10.6 Å². The number of non-ortho nitro benzene ring substituents is 1. The molecule has 8 heteroatoms. The smallest absolute Gasteiger partial charge is 0.271 e. The molecule has 0 radical (unpaired) electrons. The van der Waals surface area contributed by atoms with E-state index < -0.39 is 11.0 Å². The third kappa shape index (κ3) is 4.80. The molecule has 0 bridgehead atoms. The Morgan fingerprint density at radius 3 is 2.52 bits per heavy atom. The summed E-state index contributed by atoms with van der Waals surface area (Å²) in [7, 11) is 1.43. The molecule has 0 aliphatic heterocycles. The van der Waals surface area contributed by atoms with Crippen molar-refractivity contribution >= 4 is 17.3 Å². The Labute approximate surface area is 167 Å². The largest absolute Gasteiger partial charge is 0.495 e. The number of nitrogens with one attached hydrogen (secondary N) is 2. The molecular formula is C21H21N3O5. The first-order valence-corrected chi connectivity index (χ1v) is 8.97. The van der Waals surface area contributed by atoms with Gasteiger partial charge in [0, 0.05) is 12.1 Å². The van der Waals surface area contributed by atoms with Crippen molar-refractivity contribution in [3.8, 4) is 5.75 Å². The highest BCUT2D eigenvalue weighted by Gasteiger charge is 2.24. The number of hydrogen-bond donors (Lipinski definition) is 2. The van der Waals surface area contributed by atoms with Crippen molar-refractivity contribution in [2.24, 2.45) is 0 Å². The first-order chi connectivity index (χ1) is 14.0. The van der Waals surface area contributed by atoms with Crippen molar-refractivity contribution in [2.45, 2.75) is 19.0 Å². The molecule has 0 unspecified atom stereocenters. The van der Waals surface area contributed by atoms with Crippen molar-refractivity contribution in [1.29, 1.82) is 0 Å². The first-order valence-electron chi connectivity index (χ1n) is 8.97. The van der Waals surface area contributed by atoms with E-state index in [1.165, 1.54) is 25.3 Å². The molecule has 0 saturated heterocycles. The Morgan fingerprint density at radius 1 is 1.14 bits per heavy atom. The van der Waals surface area contributed by atoms with Gasteiger partial charge in [-0.05, 0) is 30.7 Å². The Kier molecular flexibility index (Phi) is 6.25. The molecule has 0 aliphatic carbocycles. The first kappa shape index (κ1) is 20.1. The topological polar surface area (TPSA) is 107 Å². The summed E-state index contributed by atoms with van der Waals surface area (Å²) in [6.07, 6.45) is 1.58. The maximum Gasteiger partial charge on any atom is 0.271 e. The number of rotatable bonds is 8. The third-order valence-corrected chi connectivity index (χ3v) is 4.42. The van der Waals surface area contributed by atoms with Crippen LogP contribution in [0.3, 0.4) is 0 Å². The van der Waals surface area contributed by atoms with Crippen molar-refractivity contribution in [2.75, 3.05) is 12.4 Å². The zero-order valence-corrected chi connectivity index (χ0v) is 16.0. The van der Waals surface area contributed by atoms with Crippen LogP contribution in [0.5, 0.6) is 5.75 Å². The zero-order valence-electron chi connectivity index (χ0n) is 16.0. The summed E-state index contributed by atoms with van der Waals surface area (Å²) in [6, 6.07) is 16.3. The second-order valence-electron chi connectivity index (χ2n) is 6.38. The zero-order chi connectivity index (χ0) is 20.8. The number of amides is 1. The maximum atomic E-state index is 12.8. The second kappa shape index (κ2) is 9.03. The van der Waals surface area contributed by atoms with E-state index in [9.17, 15) is 14.9 Å². The fraction of sp³-hybridized carbons (Fsp3) is 0.190. The third-order valence-electron chi connectivity index (χ3n) is 4.42. The Morgan fingerprint density at radius 2 is 1.90 bits per heavy atom. The van der Waals surface area contributed by atoms with E-state index in [4.69, 9.17) is 9.15 Å². The van der Waals surface area contributed by atoms with Crippen LogP contribution in [-0.2, 0) is 4.79 Å². The van der Waals surface area contributed by atoms with Crippen LogP contribution >= 0.6 is 0 Å². The van der Waals surface area contributed by atoms with Gasteiger partial charge in [0.2, 0.25) is 5.91 Å². The van der Waals surface area contributed by atoms with E-state index in [-0.39, 0.29) is 23.3 Å². The number of nitrogens with zero attached hydrogens (tertiary/aromatic N) is 1. The van der Waals surface area contributed by atoms with Crippen LogP contribution in [0, 0.1) is 10.1 Å². The lowest BCUT2D eigenvalue weighted by Crippen LogP contribution is -2.40. The molecular weight excluding hydrogens is 374 g/mol.